The van der Waals surface area contributed by atoms with E-state index in [-0.39, 0.29) is 11.7 Å². The molecule has 0 saturated heterocycles. The van der Waals surface area contributed by atoms with Crippen molar-refractivity contribution in [1.82, 2.24) is 15.5 Å². The second-order valence-corrected chi connectivity index (χ2v) is 7.31. The first-order valence-electron chi connectivity index (χ1n) is 6.72. The van der Waals surface area contributed by atoms with Gasteiger partial charge >= 0.3 is 0 Å². The predicted molar refractivity (Wildman–Crippen MR) is 94.3 cm³/mol. The normalized spacial score (nSPS) is 10.7. The van der Waals surface area contributed by atoms with Crippen LogP contribution in [0.25, 0.3) is 11.5 Å². The van der Waals surface area contributed by atoms with Crippen molar-refractivity contribution in [3.8, 4) is 11.5 Å². The van der Waals surface area contributed by atoms with Gasteiger partial charge in [-0.1, -0.05) is 30.0 Å². The summed E-state index contributed by atoms with van der Waals surface area (Å²) in [5.74, 6) is 0.603. The van der Waals surface area contributed by atoms with Crippen LogP contribution in [0.5, 0.6) is 0 Å². The van der Waals surface area contributed by atoms with Gasteiger partial charge in [0.15, 0.2) is 0 Å². The molecule has 0 aliphatic carbocycles. The van der Waals surface area contributed by atoms with Gasteiger partial charge in [-0.25, -0.2) is 0 Å². The summed E-state index contributed by atoms with van der Waals surface area (Å²) in [5, 5.41) is 13.2. The van der Waals surface area contributed by atoms with Gasteiger partial charge in [0.1, 0.15) is 0 Å². The lowest BCUT2D eigenvalue weighted by atomic mass is 10.2. The Balaban J connectivity index is 1.53. The van der Waals surface area contributed by atoms with Gasteiger partial charge in [-0.3, -0.25) is 4.79 Å². The summed E-state index contributed by atoms with van der Waals surface area (Å²) in [6.07, 6.45) is 0. The molecule has 1 N–H and O–H groups in total. The average Bonchev–Trinajstić information content (AvgIpc) is 3.23. The van der Waals surface area contributed by atoms with E-state index in [1.165, 1.54) is 11.8 Å². The molecule has 1 aromatic carbocycles. The molecule has 0 aliphatic rings. The first-order chi connectivity index (χ1) is 11.2. The fourth-order valence-corrected chi connectivity index (χ4v) is 3.48. The summed E-state index contributed by atoms with van der Waals surface area (Å²) < 4.78 is 6.47. The minimum atomic E-state index is -0.0657. The minimum Gasteiger partial charge on any atom is -0.411 e. The van der Waals surface area contributed by atoms with E-state index < -0.39 is 0 Å². The van der Waals surface area contributed by atoms with Crippen LogP contribution < -0.4 is 5.32 Å². The van der Waals surface area contributed by atoms with Crippen LogP contribution in [0.15, 0.2) is 55.9 Å². The molecular weight excluding hydrogens is 398 g/mol. The number of halogens is 1. The van der Waals surface area contributed by atoms with Crippen LogP contribution in [0.2, 0.25) is 0 Å². The van der Waals surface area contributed by atoms with E-state index in [2.05, 4.69) is 31.4 Å². The first kappa shape index (κ1) is 16.2. The first-order valence-corrected chi connectivity index (χ1v) is 9.38. The van der Waals surface area contributed by atoms with E-state index in [4.69, 9.17) is 4.42 Å². The molecule has 0 bridgehead atoms. The number of benzene rings is 1. The largest absolute Gasteiger partial charge is 0.411 e. The summed E-state index contributed by atoms with van der Waals surface area (Å²) in [5.41, 5.74) is 0.828. The van der Waals surface area contributed by atoms with Crippen molar-refractivity contribution in [2.45, 2.75) is 11.8 Å². The number of amides is 1. The highest BCUT2D eigenvalue weighted by Crippen LogP contribution is 2.28. The molecular formula is C15H12BrN3O2S2. The van der Waals surface area contributed by atoms with Crippen LogP contribution in [0, 0.1) is 0 Å². The zero-order valence-corrected chi connectivity index (χ0v) is 15.1. The molecule has 1 amide bonds. The molecule has 2 heterocycles. The van der Waals surface area contributed by atoms with E-state index in [1.807, 2.05) is 41.8 Å². The third-order valence-electron chi connectivity index (χ3n) is 2.88. The number of hydrogen-bond acceptors (Lipinski definition) is 6. The van der Waals surface area contributed by atoms with Crippen LogP contribution in [-0.4, -0.2) is 21.9 Å². The molecule has 118 valence electrons. The van der Waals surface area contributed by atoms with Crippen molar-refractivity contribution in [2.24, 2.45) is 0 Å². The molecule has 0 unspecified atom stereocenters. The monoisotopic (exact) mass is 409 g/mol. The third kappa shape index (κ3) is 4.43. The molecule has 0 aliphatic heterocycles. The zero-order valence-electron chi connectivity index (χ0n) is 11.9. The maximum absolute atomic E-state index is 11.8. The highest BCUT2D eigenvalue weighted by Gasteiger charge is 2.13. The SMILES string of the molecule is O=C(CSc1nnc(-c2ccccc2Br)o1)NCc1cccs1. The Hall–Kier alpha value is -1.64. The molecule has 0 fully saturated rings. The highest BCUT2D eigenvalue weighted by molar-refractivity contribution is 9.10. The maximum Gasteiger partial charge on any atom is 0.277 e. The van der Waals surface area contributed by atoms with Crippen molar-refractivity contribution in [1.29, 1.82) is 0 Å². The quantitative estimate of drug-likeness (QED) is 0.623. The smallest absolute Gasteiger partial charge is 0.277 e. The fourth-order valence-electron chi connectivity index (χ4n) is 1.79. The molecule has 0 atom stereocenters. The van der Waals surface area contributed by atoms with Gasteiger partial charge in [-0.05, 0) is 39.5 Å². The Kier molecular flexibility index (Phi) is 5.47. The predicted octanol–water partition coefficient (Wildman–Crippen LogP) is 3.97. The van der Waals surface area contributed by atoms with Gasteiger partial charge < -0.3 is 9.73 Å². The second kappa shape index (κ2) is 7.76. The summed E-state index contributed by atoms with van der Waals surface area (Å²) in [6, 6.07) is 11.6. The van der Waals surface area contributed by atoms with Gasteiger partial charge in [0.05, 0.1) is 17.9 Å². The van der Waals surface area contributed by atoms with Gasteiger partial charge in [-0.2, -0.15) is 0 Å². The summed E-state index contributed by atoms with van der Waals surface area (Å²) in [6.45, 7) is 0.545. The average molecular weight is 410 g/mol. The van der Waals surface area contributed by atoms with E-state index in [9.17, 15) is 4.79 Å². The number of hydrogen-bond donors (Lipinski definition) is 1. The third-order valence-corrected chi connectivity index (χ3v) is 5.26. The molecule has 5 nitrogen and oxygen atoms in total. The van der Waals surface area contributed by atoms with E-state index in [0.717, 1.165) is 14.9 Å². The van der Waals surface area contributed by atoms with Gasteiger partial charge in [-0.15, -0.1) is 21.5 Å². The standard InChI is InChI=1S/C15H12BrN3O2S2/c16-12-6-2-1-5-11(12)14-18-19-15(21-14)23-9-13(20)17-8-10-4-3-7-22-10/h1-7H,8-9H2,(H,17,20). The summed E-state index contributed by atoms with van der Waals surface area (Å²) in [7, 11) is 0. The minimum absolute atomic E-state index is 0.0657. The Bertz CT molecular complexity index is 790. The zero-order chi connectivity index (χ0) is 16.1. The number of aromatic nitrogens is 2. The number of thioether (sulfide) groups is 1. The van der Waals surface area contributed by atoms with Gasteiger partial charge in [0.25, 0.3) is 5.22 Å². The van der Waals surface area contributed by atoms with Crippen LogP contribution in [0.3, 0.4) is 0 Å². The fraction of sp³-hybridized carbons (Fsp3) is 0.133. The Morgan fingerprint density at radius 2 is 2.13 bits per heavy atom. The van der Waals surface area contributed by atoms with Crippen LogP contribution in [0.4, 0.5) is 0 Å². The van der Waals surface area contributed by atoms with Crippen molar-refractivity contribution in [2.75, 3.05) is 5.75 Å². The lowest BCUT2D eigenvalue weighted by Gasteiger charge is -2.01. The molecule has 23 heavy (non-hydrogen) atoms. The summed E-state index contributed by atoms with van der Waals surface area (Å²) >= 11 is 6.28. The van der Waals surface area contributed by atoms with Crippen molar-refractivity contribution >= 4 is 44.9 Å². The second-order valence-electron chi connectivity index (χ2n) is 4.50. The molecule has 3 rings (SSSR count). The lowest BCUT2D eigenvalue weighted by molar-refractivity contribution is -0.118. The van der Waals surface area contributed by atoms with Crippen LogP contribution >= 0.6 is 39.0 Å². The van der Waals surface area contributed by atoms with Crippen LogP contribution in [0.1, 0.15) is 4.88 Å². The topological polar surface area (TPSA) is 68.0 Å². The van der Waals surface area contributed by atoms with Crippen molar-refractivity contribution < 1.29 is 9.21 Å². The number of nitrogens with one attached hydrogen (secondary N) is 1. The summed E-state index contributed by atoms with van der Waals surface area (Å²) in [4.78, 5) is 12.9. The Morgan fingerprint density at radius 1 is 1.26 bits per heavy atom. The molecule has 3 aromatic rings. The number of carbonyl (C=O) groups is 1. The number of thiophene rings is 1. The highest BCUT2D eigenvalue weighted by atomic mass is 79.9. The van der Waals surface area contributed by atoms with E-state index in [1.54, 1.807) is 11.3 Å². The van der Waals surface area contributed by atoms with E-state index in [0.29, 0.717) is 17.7 Å². The number of carbonyl (C=O) groups excluding carboxylic acids is 1. The Morgan fingerprint density at radius 3 is 2.91 bits per heavy atom. The van der Waals surface area contributed by atoms with Gasteiger partial charge in [0, 0.05) is 9.35 Å². The molecule has 0 spiro atoms. The molecule has 0 saturated carbocycles. The van der Waals surface area contributed by atoms with Crippen molar-refractivity contribution in [3.05, 3.63) is 51.1 Å². The molecule has 0 radical (unpaired) electrons. The lowest BCUT2D eigenvalue weighted by Crippen LogP contribution is -2.24. The van der Waals surface area contributed by atoms with Gasteiger partial charge in [0.2, 0.25) is 11.8 Å². The molecule has 2 aromatic heterocycles. The maximum atomic E-state index is 11.8. The van der Waals surface area contributed by atoms with E-state index >= 15 is 0 Å². The Labute approximate surface area is 149 Å². The number of nitrogens with zero attached hydrogens (tertiary/aromatic N) is 2. The van der Waals surface area contributed by atoms with Crippen LogP contribution in [-0.2, 0) is 11.3 Å². The number of rotatable bonds is 6. The molecule has 8 heteroatoms. The van der Waals surface area contributed by atoms with Crippen molar-refractivity contribution in [3.63, 3.8) is 0 Å².